The van der Waals surface area contributed by atoms with Crippen molar-refractivity contribution in [1.29, 1.82) is 0 Å². The number of halogens is 1. The Morgan fingerprint density at radius 1 is 1.43 bits per heavy atom. The van der Waals surface area contributed by atoms with Crippen LogP contribution in [0.5, 0.6) is 0 Å². The molecule has 4 heteroatoms. The summed E-state index contributed by atoms with van der Waals surface area (Å²) < 4.78 is 0. The van der Waals surface area contributed by atoms with Crippen molar-refractivity contribution >= 4 is 23.4 Å². The van der Waals surface area contributed by atoms with Gasteiger partial charge in [0.2, 0.25) is 0 Å². The zero-order chi connectivity index (χ0) is 15.1. The van der Waals surface area contributed by atoms with Gasteiger partial charge in [0.15, 0.2) is 0 Å². The molecule has 0 bridgehead atoms. The molecule has 2 atom stereocenters. The van der Waals surface area contributed by atoms with Crippen LogP contribution in [0.25, 0.3) is 0 Å². The van der Waals surface area contributed by atoms with Crippen molar-refractivity contribution in [2.45, 2.75) is 49.5 Å². The van der Waals surface area contributed by atoms with Crippen LogP contribution < -0.4 is 5.32 Å². The Balaban J connectivity index is 1.88. The predicted molar refractivity (Wildman–Crippen MR) is 92.2 cm³/mol. The number of hydrogen-bond acceptors (Lipinski definition) is 3. The Kier molecular flexibility index (Phi) is 6.87. The molecular weight excluding hydrogens is 302 g/mol. The topological polar surface area (TPSA) is 32.3 Å². The van der Waals surface area contributed by atoms with Crippen molar-refractivity contribution in [2.24, 2.45) is 5.92 Å². The van der Waals surface area contributed by atoms with Gasteiger partial charge in [0.05, 0.1) is 11.6 Å². The maximum absolute atomic E-state index is 9.88. The largest absolute Gasteiger partial charge is 0.394 e. The lowest BCUT2D eigenvalue weighted by molar-refractivity contribution is 0.122. The van der Waals surface area contributed by atoms with Gasteiger partial charge in [0, 0.05) is 10.4 Å². The highest BCUT2D eigenvalue weighted by Crippen LogP contribution is 2.39. The van der Waals surface area contributed by atoms with Gasteiger partial charge >= 0.3 is 0 Å². The monoisotopic (exact) mass is 327 g/mol. The second-order valence-electron chi connectivity index (χ2n) is 5.90. The number of nitrogens with one attached hydrogen (secondary N) is 1. The van der Waals surface area contributed by atoms with Crippen molar-refractivity contribution in [2.75, 3.05) is 18.9 Å². The molecule has 0 aromatic heterocycles. The van der Waals surface area contributed by atoms with Crippen LogP contribution in [0.3, 0.4) is 0 Å². The fourth-order valence-corrected chi connectivity index (χ4v) is 4.61. The van der Waals surface area contributed by atoms with Gasteiger partial charge in [-0.2, -0.15) is 0 Å². The summed E-state index contributed by atoms with van der Waals surface area (Å²) in [5.74, 6) is 1.63. The molecule has 0 aliphatic heterocycles. The molecule has 0 radical (unpaired) electrons. The molecule has 1 fully saturated rings. The minimum absolute atomic E-state index is 0.0446. The van der Waals surface area contributed by atoms with E-state index >= 15 is 0 Å². The van der Waals surface area contributed by atoms with Crippen molar-refractivity contribution in [1.82, 2.24) is 5.32 Å². The van der Waals surface area contributed by atoms with E-state index in [0.717, 1.165) is 41.5 Å². The minimum Gasteiger partial charge on any atom is -0.394 e. The molecule has 1 saturated carbocycles. The zero-order valence-corrected chi connectivity index (χ0v) is 14.3. The maximum atomic E-state index is 9.88. The van der Waals surface area contributed by atoms with Crippen molar-refractivity contribution in [3.63, 3.8) is 0 Å². The van der Waals surface area contributed by atoms with Crippen LogP contribution in [-0.2, 0) is 0 Å². The first-order chi connectivity index (χ1) is 10.2. The summed E-state index contributed by atoms with van der Waals surface area (Å²) in [4.78, 5) is 1.16. The first kappa shape index (κ1) is 17.1. The Hall–Kier alpha value is -0.220. The van der Waals surface area contributed by atoms with Gasteiger partial charge in [-0.05, 0) is 56.0 Å². The van der Waals surface area contributed by atoms with Crippen LogP contribution in [0.1, 0.15) is 39.0 Å². The fraction of sp³-hybridized carbons (Fsp3) is 0.647. The highest BCUT2D eigenvalue weighted by Gasteiger charge is 2.41. The number of aliphatic hydroxyl groups is 1. The normalized spacial score (nSPS) is 25.4. The standard InChI is InChI=1S/C17H26ClNOS/c1-2-11-19-17(13-20)10-5-6-14(17)9-12-21-16-8-4-3-7-15(16)18/h3-4,7-8,14,19-20H,2,5-6,9-13H2,1H3. The smallest absolute Gasteiger partial charge is 0.0616 e. The molecular formula is C17H26ClNOS. The van der Waals surface area contributed by atoms with Crippen LogP contribution in [0.15, 0.2) is 29.2 Å². The van der Waals surface area contributed by atoms with E-state index in [2.05, 4.69) is 18.3 Å². The summed E-state index contributed by atoms with van der Waals surface area (Å²) in [5.41, 5.74) is -0.0446. The molecule has 0 amide bonds. The van der Waals surface area contributed by atoms with E-state index in [0.29, 0.717) is 5.92 Å². The number of hydrogen-bond donors (Lipinski definition) is 2. The lowest BCUT2D eigenvalue weighted by Gasteiger charge is -2.35. The Labute approximate surface area is 137 Å². The van der Waals surface area contributed by atoms with Gasteiger partial charge in [0.1, 0.15) is 0 Å². The van der Waals surface area contributed by atoms with E-state index in [1.807, 2.05) is 30.0 Å². The lowest BCUT2D eigenvalue weighted by Crippen LogP contribution is -2.51. The highest BCUT2D eigenvalue weighted by molar-refractivity contribution is 7.99. The maximum Gasteiger partial charge on any atom is 0.0616 e. The van der Waals surface area contributed by atoms with Crippen LogP contribution >= 0.6 is 23.4 Å². The molecule has 2 unspecified atom stereocenters. The minimum atomic E-state index is -0.0446. The Bertz CT molecular complexity index is 443. The number of thioether (sulfide) groups is 1. The third-order valence-corrected chi connectivity index (χ3v) is 6.08. The molecule has 2 nitrogen and oxygen atoms in total. The molecule has 1 aliphatic carbocycles. The molecule has 2 N–H and O–H groups in total. The molecule has 118 valence electrons. The SMILES string of the molecule is CCCNC1(CO)CCCC1CCSc1ccccc1Cl. The van der Waals surface area contributed by atoms with Gasteiger partial charge < -0.3 is 10.4 Å². The molecule has 0 spiro atoms. The lowest BCUT2D eigenvalue weighted by atomic mass is 9.85. The van der Waals surface area contributed by atoms with Crippen molar-refractivity contribution < 1.29 is 5.11 Å². The number of aliphatic hydroxyl groups excluding tert-OH is 1. The van der Waals surface area contributed by atoms with E-state index in [4.69, 9.17) is 11.6 Å². The third kappa shape index (κ3) is 4.38. The molecule has 1 aliphatic rings. The fourth-order valence-electron chi connectivity index (χ4n) is 3.31. The van der Waals surface area contributed by atoms with Crippen LogP contribution in [-0.4, -0.2) is 29.5 Å². The van der Waals surface area contributed by atoms with E-state index in [9.17, 15) is 5.11 Å². The van der Waals surface area contributed by atoms with Gasteiger partial charge in [-0.25, -0.2) is 0 Å². The van der Waals surface area contributed by atoms with E-state index in [1.54, 1.807) is 0 Å². The molecule has 0 heterocycles. The Morgan fingerprint density at radius 3 is 2.95 bits per heavy atom. The highest BCUT2D eigenvalue weighted by atomic mass is 35.5. The first-order valence-corrected chi connectivity index (χ1v) is 9.31. The Morgan fingerprint density at radius 2 is 2.24 bits per heavy atom. The molecule has 2 rings (SSSR count). The zero-order valence-electron chi connectivity index (χ0n) is 12.8. The van der Waals surface area contributed by atoms with Crippen LogP contribution in [0.4, 0.5) is 0 Å². The van der Waals surface area contributed by atoms with Crippen molar-refractivity contribution in [3.8, 4) is 0 Å². The predicted octanol–water partition coefficient (Wildman–Crippen LogP) is 4.35. The average Bonchev–Trinajstić information content (AvgIpc) is 2.90. The van der Waals surface area contributed by atoms with Crippen LogP contribution in [0, 0.1) is 5.92 Å². The number of benzene rings is 1. The summed E-state index contributed by atoms with van der Waals surface area (Å²) in [6.45, 7) is 3.43. The van der Waals surface area contributed by atoms with E-state index < -0.39 is 0 Å². The quantitative estimate of drug-likeness (QED) is 0.696. The summed E-state index contributed by atoms with van der Waals surface area (Å²) in [6, 6.07) is 8.02. The molecule has 1 aromatic carbocycles. The summed E-state index contributed by atoms with van der Waals surface area (Å²) in [5, 5.41) is 14.3. The molecule has 21 heavy (non-hydrogen) atoms. The average molecular weight is 328 g/mol. The van der Waals surface area contributed by atoms with Gasteiger partial charge in [-0.3, -0.25) is 0 Å². The third-order valence-electron chi connectivity index (χ3n) is 4.53. The van der Waals surface area contributed by atoms with Crippen LogP contribution in [0.2, 0.25) is 5.02 Å². The molecule has 1 aromatic rings. The summed E-state index contributed by atoms with van der Waals surface area (Å²) in [7, 11) is 0. The summed E-state index contributed by atoms with van der Waals surface area (Å²) in [6.07, 6.45) is 5.79. The second-order valence-corrected chi connectivity index (χ2v) is 7.44. The van der Waals surface area contributed by atoms with Crippen molar-refractivity contribution in [3.05, 3.63) is 29.3 Å². The molecule has 0 saturated heterocycles. The first-order valence-electron chi connectivity index (χ1n) is 7.95. The van der Waals surface area contributed by atoms with E-state index in [-0.39, 0.29) is 12.1 Å². The number of rotatable bonds is 8. The summed E-state index contributed by atoms with van der Waals surface area (Å²) >= 11 is 8.03. The van der Waals surface area contributed by atoms with Gasteiger partial charge in [-0.15, -0.1) is 11.8 Å². The second kappa shape index (κ2) is 8.42. The van der Waals surface area contributed by atoms with E-state index in [1.165, 1.54) is 12.8 Å². The van der Waals surface area contributed by atoms with Gasteiger partial charge in [0.25, 0.3) is 0 Å². The van der Waals surface area contributed by atoms with Gasteiger partial charge in [-0.1, -0.05) is 37.1 Å².